The van der Waals surface area contributed by atoms with Crippen LogP contribution >= 0.6 is 22.9 Å². The van der Waals surface area contributed by atoms with Gasteiger partial charge in [-0.25, -0.2) is 4.98 Å². The molecular formula is C18H23ClN4O2S. The van der Waals surface area contributed by atoms with E-state index in [1.165, 1.54) is 0 Å². The number of rotatable bonds is 5. The van der Waals surface area contributed by atoms with Crippen molar-refractivity contribution in [2.75, 3.05) is 43.5 Å². The third-order valence-corrected chi connectivity index (χ3v) is 5.91. The fraction of sp³-hybridized carbons (Fsp3) is 0.444. The van der Waals surface area contributed by atoms with Crippen molar-refractivity contribution >= 4 is 39.7 Å². The second-order valence-electron chi connectivity index (χ2n) is 6.30. The van der Waals surface area contributed by atoms with Crippen LogP contribution in [0.4, 0.5) is 10.8 Å². The summed E-state index contributed by atoms with van der Waals surface area (Å²) in [6.07, 6.45) is 1.82. The number of aromatic nitrogens is 1. The van der Waals surface area contributed by atoms with Crippen molar-refractivity contribution in [1.29, 1.82) is 0 Å². The molecule has 0 spiro atoms. The zero-order chi connectivity index (χ0) is 18.7. The highest BCUT2D eigenvalue weighted by molar-refractivity contribution is 7.13. The molecule has 1 saturated heterocycles. The first-order valence-electron chi connectivity index (χ1n) is 8.53. The fourth-order valence-corrected chi connectivity index (χ4v) is 3.86. The molecule has 2 aromatic rings. The number of methoxy groups -OCH3 is 1. The van der Waals surface area contributed by atoms with Gasteiger partial charge in [-0.15, -0.1) is 11.3 Å². The van der Waals surface area contributed by atoms with Crippen molar-refractivity contribution < 1.29 is 9.53 Å². The molecule has 6 nitrogen and oxygen atoms in total. The van der Waals surface area contributed by atoms with Crippen molar-refractivity contribution in [3.05, 3.63) is 34.3 Å². The minimum absolute atomic E-state index is 0.0484. The number of hydrogen-bond acceptors (Lipinski definition) is 6. The number of thiazole rings is 1. The second-order valence-corrected chi connectivity index (χ2v) is 7.58. The SMILES string of the molecule is COc1cc(Cl)c(C)cc1NC(=O)C(C)N1CCN(c2nccs2)CC1. The Morgan fingerprint density at radius 1 is 1.35 bits per heavy atom. The summed E-state index contributed by atoms with van der Waals surface area (Å²) in [4.78, 5) is 21.5. The Morgan fingerprint density at radius 2 is 2.08 bits per heavy atom. The van der Waals surface area contributed by atoms with Gasteiger partial charge in [0.05, 0.1) is 18.8 Å². The molecule has 1 atom stereocenters. The van der Waals surface area contributed by atoms with Crippen LogP contribution in [0.3, 0.4) is 0 Å². The first-order valence-corrected chi connectivity index (χ1v) is 9.79. The summed E-state index contributed by atoms with van der Waals surface area (Å²) in [6, 6.07) is 3.34. The number of nitrogens with one attached hydrogen (secondary N) is 1. The smallest absolute Gasteiger partial charge is 0.241 e. The number of ether oxygens (including phenoxy) is 1. The van der Waals surface area contributed by atoms with E-state index >= 15 is 0 Å². The average Bonchev–Trinajstić information content (AvgIpc) is 3.18. The van der Waals surface area contributed by atoms with Gasteiger partial charge in [0.1, 0.15) is 5.75 Å². The number of carbonyl (C=O) groups excluding carboxylic acids is 1. The van der Waals surface area contributed by atoms with Gasteiger partial charge < -0.3 is 15.0 Å². The predicted molar refractivity (Wildman–Crippen MR) is 107 cm³/mol. The van der Waals surface area contributed by atoms with Gasteiger partial charge in [-0.2, -0.15) is 0 Å². The third-order valence-electron chi connectivity index (χ3n) is 4.67. The van der Waals surface area contributed by atoms with Crippen LogP contribution in [0.1, 0.15) is 12.5 Å². The lowest BCUT2D eigenvalue weighted by Gasteiger charge is -2.37. The number of aryl methyl sites for hydroxylation is 1. The third kappa shape index (κ3) is 4.11. The summed E-state index contributed by atoms with van der Waals surface area (Å²) in [5, 5.41) is 6.62. The molecule has 0 aliphatic carbocycles. The van der Waals surface area contributed by atoms with Gasteiger partial charge >= 0.3 is 0 Å². The molecule has 1 N–H and O–H groups in total. The summed E-state index contributed by atoms with van der Waals surface area (Å²) >= 11 is 7.78. The van der Waals surface area contributed by atoms with E-state index < -0.39 is 0 Å². The molecule has 3 rings (SSSR count). The highest BCUT2D eigenvalue weighted by Gasteiger charge is 2.27. The van der Waals surface area contributed by atoms with Crippen molar-refractivity contribution in [3.8, 4) is 5.75 Å². The summed E-state index contributed by atoms with van der Waals surface area (Å²) in [5.74, 6) is 0.516. The van der Waals surface area contributed by atoms with Crippen LogP contribution in [0.5, 0.6) is 5.75 Å². The van der Waals surface area contributed by atoms with Crippen LogP contribution in [-0.4, -0.2) is 55.1 Å². The lowest BCUT2D eigenvalue weighted by atomic mass is 10.1. The Morgan fingerprint density at radius 3 is 2.69 bits per heavy atom. The molecule has 1 fully saturated rings. The number of piperazine rings is 1. The van der Waals surface area contributed by atoms with Crippen molar-refractivity contribution in [3.63, 3.8) is 0 Å². The summed E-state index contributed by atoms with van der Waals surface area (Å²) < 4.78 is 5.34. The van der Waals surface area contributed by atoms with E-state index in [4.69, 9.17) is 16.3 Å². The molecule has 1 aliphatic heterocycles. The van der Waals surface area contributed by atoms with E-state index in [1.54, 1.807) is 24.5 Å². The molecule has 1 aromatic carbocycles. The molecule has 2 heterocycles. The van der Waals surface area contributed by atoms with Crippen LogP contribution < -0.4 is 15.0 Å². The molecule has 140 valence electrons. The van der Waals surface area contributed by atoms with E-state index in [2.05, 4.69) is 20.1 Å². The molecular weight excluding hydrogens is 372 g/mol. The Labute approximate surface area is 162 Å². The van der Waals surface area contributed by atoms with Gasteiger partial charge in [-0.05, 0) is 25.5 Å². The second kappa shape index (κ2) is 8.24. The Bertz CT molecular complexity index is 761. The molecule has 26 heavy (non-hydrogen) atoms. The van der Waals surface area contributed by atoms with Crippen LogP contribution in [0.2, 0.25) is 5.02 Å². The Balaban J connectivity index is 1.61. The minimum atomic E-state index is -0.228. The van der Waals surface area contributed by atoms with Gasteiger partial charge in [-0.1, -0.05) is 11.6 Å². The number of anilines is 2. The monoisotopic (exact) mass is 394 g/mol. The summed E-state index contributed by atoms with van der Waals surface area (Å²) in [7, 11) is 1.57. The molecule has 1 aromatic heterocycles. The minimum Gasteiger partial charge on any atom is -0.495 e. The zero-order valence-corrected chi connectivity index (χ0v) is 16.7. The van der Waals surface area contributed by atoms with E-state index in [0.29, 0.717) is 16.5 Å². The maximum absolute atomic E-state index is 12.7. The quantitative estimate of drug-likeness (QED) is 0.843. The molecule has 0 radical (unpaired) electrons. The molecule has 0 saturated carbocycles. The van der Waals surface area contributed by atoms with Crippen LogP contribution in [0, 0.1) is 6.92 Å². The number of nitrogens with zero attached hydrogens (tertiary/aromatic N) is 3. The Kier molecular flexibility index (Phi) is 6.01. The maximum Gasteiger partial charge on any atom is 0.241 e. The first-order chi connectivity index (χ1) is 12.5. The normalized spacial score (nSPS) is 16.4. The van der Waals surface area contributed by atoms with Crippen molar-refractivity contribution in [1.82, 2.24) is 9.88 Å². The van der Waals surface area contributed by atoms with Gasteiger partial charge in [0.25, 0.3) is 0 Å². The van der Waals surface area contributed by atoms with E-state index in [9.17, 15) is 4.79 Å². The van der Waals surface area contributed by atoms with Gasteiger partial charge in [0.2, 0.25) is 5.91 Å². The Hall–Kier alpha value is -1.83. The van der Waals surface area contributed by atoms with Crippen molar-refractivity contribution in [2.45, 2.75) is 19.9 Å². The standard InChI is InChI=1S/C18H23ClN4O2S/c1-12-10-15(16(25-3)11-14(12)19)21-17(24)13(2)22-5-7-23(8-6-22)18-20-4-9-26-18/h4,9-11,13H,5-8H2,1-3H3,(H,21,24). The number of carbonyl (C=O) groups is 1. The average molecular weight is 395 g/mol. The van der Waals surface area contributed by atoms with Crippen LogP contribution in [0.15, 0.2) is 23.7 Å². The van der Waals surface area contributed by atoms with E-state index in [0.717, 1.165) is 36.9 Å². The molecule has 1 aliphatic rings. The molecule has 8 heteroatoms. The molecule has 1 unspecified atom stereocenters. The topological polar surface area (TPSA) is 57.7 Å². The predicted octanol–water partition coefficient (Wildman–Crippen LogP) is 3.26. The van der Waals surface area contributed by atoms with E-state index in [1.807, 2.05) is 31.5 Å². The fourth-order valence-electron chi connectivity index (χ4n) is 3.01. The lowest BCUT2D eigenvalue weighted by molar-refractivity contribution is -0.120. The number of amides is 1. The number of halogens is 1. The number of benzene rings is 1. The summed E-state index contributed by atoms with van der Waals surface area (Å²) in [5.41, 5.74) is 1.54. The summed E-state index contributed by atoms with van der Waals surface area (Å²) in [6.45, 7) is 7.22. The first kappa shape index (κ1) is 18.9. The maximum atomic E-state index is 12.7. The molecule has 0 bridgehead atoms. The van der Waals surface area contributed by atoms with Gasteiger partial charge in [0, 0.05) is 48.8 Å². The number of hydrogen-bond donors (Lipinski definition) is 1. The lowest BCUT2D eigenvalue weighted by Crippen LogP contribution is -2.52. The van der Waals surface area contributed by atoms with E-state index in [-0.39, 0.29) is 11.9 Å². The molecule has 1 amide bonds. The van der Waals surface area contributed by atoms with Crippen LogP contribution in [0.25, 0.3) is 0 Å². The van der Waals surface area contributed by atoms with Gasteiger partial charge in [-0.3, -0.25) is 9.69 Å². The largest absolute Gasteiger partial charge is 0.495 e. The van der Waals surface area contributed by atoms with Crippen LogP contribution in [-0.2, 0) is 4.79 Å². The highest BCUT2D eigenvalue weighted by atomic mass is 35.5. The highest BCUT2D eigenvalue weighted by Crippen LogP contribution is 2.31. The zero-order valence-electron chi connectivity index (χ0n) is 15.2. The van der Waals surface area contributed by atoms with Crippen molar-refractivity contribution in [2.24, 2.45) is 0 Å². The van der Waals surface area contributed by atoms with Gasteiger partial charge in [0.15, 0.2) is 5.13 Å².